The average molecular weight is 706 g/mol. The number of ether oxygens (including phenoxy) is 5. The molecule has 0 aliphatic heterocycles. The Morgan fingerprint density at radius 2 is 1.36 bits per heavy atom. The van der Waals surface area contributed by atoms with Crippen LogP contribution in [0.5, 0.6) is 0 Å². The zero-order valence-electron chi connectivity index (χ0n) is 32.2. The summed E-state index contributed by atoms with van der Waals surface area (Å²) in [6, 6.07) is 5.38. The van der Waals surface area contributed by atoms with Gasteiger partial charge in [0.2, 0.25) is 0 Å². The van der Waals surface area contributed by atoms with Crippen LogP contribution in [-0.2, 0) is 30.1 Å². The fraction of sp³-hybridized carbons (Fsp3) is 0.711. The van der Waals surface area contributed by atoms with E-state index in [0.717, 1.165) is 42.3 Å². The van der Waals surface area contributed by atoms with Crippen molar-refractivity contribution >= 4 is 17.4 Å². The van der Waals surface area contributed by atoms with Crippen molar-refractivity contribution in [3.8, 4) is 5.69 Å². The number of carbonyl (C=O) groups is 2. The van der Waals surface area contributed by atoms with Crippen LogP contribution in [0.1, 0.15) is 106 Å². The van der Waals surface area contributed by atoms with Gasteiger partial charge in [0, 0.05) is 31.9 Å². The Labute approximate surface area is 301 Å². The van der Waals surface area contributed by atoms with Crippen LogP contribution < -0.4 is 16.8 Å². The van der Waals surface area contributed by atoms with Crippen molar-refractivity contribution in [3.05, 3.63) is 40.7 Å². The summed E-state index contributed by atoms with van der Waals surface area (Å²) in [6.45, 7) is 23.3. The molecule has 12 heteroatoms. The van der Waals surface area contributed by atoms with Crippen LogP contribution in [0.2, 0.25) is 0 Å². The van der Waals surface area contributed by atoms with Gasteiger partial charge >= 0.3 is 0 Å². The second-order valence-electron chi connectivity index (χ2n) is 13.8. The van der Waals surface area contributed by atoms with Gasteiger partial charge in [-0.3, -0.25) is 9.59 Å². The lowest BCUT2D eigenvalue weighted by Gasteiger charge is -2.29. The molecule has 1 heterocycles. The summed E-state index contributed by atoms with van der Waals surface area (Å²) >= 11 is 0. The maximum absolute atomic E-state index is 12.8. The van der Waals surface area contributed by atoms with Gasteiger partial charge in [-0.2, -0.15) is 5.10 Å². The molecule has 5 N–H and O–H groups in total. The lowest BCUT2D eigenvalue weighted by atomic mass is 9.75. The molecule has 1 aliphatic carbocycles. The standard InChI is InChI=1S/C31H49N5O7.C4H10.C3H8/c1-23-29-27(21-31(2,3)22-28(29)37)36(35-23)24-6-7-25(30(33)38)26(20-24)34-9-5-11-40-13-15-42-17-19-43-18-16-41-14-12-39-10-4-8-32;1-4(2)3;1-3-2/h6-7,20,34H,4-5,8-19,21-22,32H2,1-3H3,(H2,33,38);4H,1-3H3;3H2,1-2H3. The summed E-state index contributed by atoms with van der Waals surface area (Å²) in [5, 5.41) is 7.99. The molecule has 0 atom stereocenters. The smallest absolute Gasteiger partial charge is 0.250 e. The number of amides is 1. The number of hydrogen-bond donors (Lipinski definition) is 3. The average Bonchev–Trinajstić information content (AvgIpc) is 3.37. The van der Waals surface area contributed by atoms with E-state index >= 15 is 0 Å². The largest absolute Gasteiger partial charge is 0.384 e. The molecule has 1 aromatic carbocycles. The summed E-state index contributed by atoms with van der Waals surface area (Å²) in [5.74, 6) is 0.441. The number of anilines is 1. The molecule has 1 amide bonds. The van der Waals surface area contributed by atoms with E-state index in [2.05, 4.69) is 58.9 Å². The van der Waals surface area contributed by atoms with Crippen LogP contribution in [0.25, 0.3) is 5.69 Å². The van der Waals surface area contributed by atoms with E-state index in [4.69, 9.17) is 35.2 Å². The Bertz CT molecular complexity index is 1230. The highest BCUT2D eigenvalue weighted by molar-refractivity contribution is 6.00. The molecule has 0 unspecified atom stereocenters. The normalized spacial score (nSPS) is 13.3. The molecule has 286 valence electrons. The van der Waals surface area contributed by atoms with E-state index in [0.29, 0.717) is 102 Å². The molecule has 0 fully saturated rings. The molecule has 0 saturated heterocycles. The van der Waals surface area contributed by atoms with E-state index in [1.54, 1.807) is 6.07 Å². The lowest BCUT2D eigenvalue weighted by Crippen LogP contribution is -2.28. The molecular formula is C38H67N5O7. The molecule has 0 radical (unpaired) electrons. The van der Waals surface area contributed by atoms with Crippen molar-refractivity contribution < 1.29 is 33.3 Å². The molecular weight excluding hydrogens is 638 g/mol. The van der Waals surface area contributed by atoms with E-state index < -0.39 is 5.91 Å². The lowest BCUT2D eigenvalue weighted by molar-refractivity contribution is -0.0110. The summed E-state index contributed by atoms with van der Waals surface area (Å²) in [7, 11) is 0. The Hall–Kier alpha value is -2.87. The van der Waals surface area contributed by atoms with E-state index in [1.807, 2.05) is 23.7 Å². The minimum atomic E-state index is -0.516. The Balaban J connectivity index is 0.00000163. The number of nitrogens with two attached hydrogens (primary N) is 2. The van der Waals surface area contributed by atoms with Crippen LogP contribution >= 0.6 is 0 Å². The second-order valence-corrected chi connectivity index (χ2v) is 13.8. The number of nitrogens with zero attached hydrogens (tertiary/aromatic N) is 2. The zero-order valence-corrected chi connectivity index (χ0v) is 32.2. The van der Waals surface area contributed by atoms with E-state index in [1.165, 1.54) is 6.42 Å². The highest BCUT2D eigenvalue weighted by atomic mass is 16.6. The van der Waals surface area contributed by atoms with Crippen molar-refractivity contribution in [1.82, 2.24) is 9.78 Å². The summed E-state index contributed by atoms with van der Waals surface area (Å²) in [6.07, 6.45) is 4.08. The fourth-order valence-electron chi connectivity index (χ4n) is 4.94. The molecule has 0 bridgehead atoms. The number of ketones is 1. The predicted molar refractivity (Wildman–Crippen MR) is 201 cm³/mol. The van der Waals surface area contributed by atoms with Gasteiger partial charge in [0.15, 0.2) is 5.78 Å². The highest BCUT2D eigenvalue weighted by Crippen LogP contribution is 2.37. The number of fused-ring (bicyclic) bond motifs is 1. The molecule has 50 heavy (non-hydrogen) atoms. The SMILES string of the molecule is CC(C)C.CCC.Cc1nn(-c2ccc(C(N)=O)c(NCCCOCCOCCOCCOCCOCCCN)c2)c2c1C(=O)CC(C)(C)C2. The van der Waals surface area contributed by atoms with Crippen LogP contribution in [0, 0.1) is 18.3 Å². The number of benzene rings is 1. The van der Waals surface area contributed by atoms with Crippen LogP contribution in [0.3, 0.4) is 0 Å². The van der Waals surface area contributed by atoms with E-state index in [9.17, 15) is 9.59 Å². The highest BCUT2D eigenvalue weighted by Gasteiger charge is 2.35. The van der Waals surface area contributed by atoms with Crippen molar-refractivity contribution in [3.63, 3.8) is 0 Å². The second kappa shape index (κ2) is 26.0. The van der Waals surface area contributed by atoms with E-state index in [-0.39, 0.29) is 11.2 Å². The quantitative estimate of drug-likeness (QED) is 0.129. The third-order valence-corrected chi connectivity index (χ3v) is 6.99. The number of nitrogens with one attached hydrogen (secondary N) is 1. The summed E-state index contributed by atoms with van der Waals surface area (Å²) in [4.78, 5) is 24.9. The van der Waals surface area contributed by atoms with Gasteiger partial charge in [-0.05, 0) is 62.3 Å². The summed E-state index contributed by atoms with van der Waals surface area (Å²) in [5.41, 5.74) is 15.0. The first kappa shape index (κ1) is 45.2. The van der Waals surface area contributed by atoms with Gasteiger partial charge in [0.25, 0.3) is 5.91 Å². The maximum Gasteiger partial charge on any atom is 0.250 e. The molecule has 2 aromatic rings. The molecule has 0 spiro atoms. The number of Topliss-reactive ketones (excluding diaryl/α,β-unsaturated/α-hetero) is 1. The molecule has 3 rings (SSSR count). The first-order valence-electron chi connectivity index (χ1n) is 18.3. The predicted octanol–water partition coefficient (Wildman–Crippen LogP) is 5.75. The molecule has 1 aromatic heterocycles. The van der Waals surface area contributed by atoms with Gasteiger partial charge in [-0.1, -0.05) is 54.9 Å². The number of rotatable bonds is 22. The first-order chi connectivity index (χ1) is 23.9. The number of primary amides is 1. The Kier molecular flexibility index (Phi) is 23.5. The van der Waals surface area contributed by atoms with Gasteiger partial charge < -0.3 is 40.5 Å². The zero-order chi connectivity index (χ0) is 37.4. The molecule has 12 nitrogen and oxygen atoms in total. The van der Waals surface area contributed by atoms with Gasteiger partial charge in [0.1, 0.15) is 0 Å². The van der Waals surface area contributed by atoms with Gasteiger partial charge in [0.05, 0.1) is 81.1 Å². The van der Waals surface area contributed by atoms with Gasteiger partial charge in [-0.15, -0.1) is 0 Å². The van der Waals surface area contributed by atoms with Gasteiger partial charge in [-0.25, -0.2) is 4.68 Å². The molecule has 1 aliphatic rings. The third kappa shape index (κ3) is 18.4. The van der Waals surface area contributed by atoms with Crippen molar-refractivity contribution in [2.75, 3.05) is 84.5 Å². The monoisotopic (exact) mass is 706 g/mol. The number of hydrogen-bond acceptors (Lipinski definition) is 10. The Morgan fingerprint density at radius 1 is 0.880 bits per heavy atom. The topological polar surface area (TPSA) is 162 Å². The minimum Gasteiger partial charge on any atom is -0.384 e. The number of carbonyl (C=O) groups excluding carboxylic acids is 2. The Morgan fingerprint density at radius 3 is 1.84 bits per heavy atom. The number of aryl methyl sites for hydroxylation is 1. The minimum absolute atomic E-state index is 0.124. The van der Waals surface area contributed by atoms with Crippen LogP contribution in [-0.4, -0.2) is 101 Å². The maximum atomic E-state index is 12.8. The first-order valence-corrected chi connectivity index (χ1v) is 18.3. The molecule has 0 saturated carbocycles. The van der Waals surface area contributed by atoms with Crippen molar-refractivity contribution in [2.45, 2.75) is 87.5 Å². The van der Waals surface area contributed by atoms with Crippen molar-refractivity contribution in [2.24, 2.45) is 22.8 Å². The number of aromatic nitrogens is 2. The fourth-order valence-corrected chi connectivity index (χ4v) is 4.94. The van der Waals surface area contributed by atoms with Crippen molar-refractivity contribution in [1.29, 1.82) is 0 Å². The van der Waals surface area contributed by atoms with Crippen LogP contribution in [0.15, 0.2) is 18.2 Å². The summed E-state index contributed by atoms with van der Waals surface area (Å²) < 4.78 is 29.3. The third-order valence-electron chi connectivity index (χ3n) is 6.99. The van der Waals surface area contributed by atoms with Crippen LogP contribution in [0.4, 0.5) is 5.69 Å².